The number of hydrogen-bond acceptors (Lipinski definition) is 2. The molecule has 0 aromatic carbocycles. The van der Waals surface area contributed by atoms with Crippen molar-refractivity contribution in [2.45, 2.75) is 25.7 Å². The summed E-state index contributed by atoms with van der Waals surface area (Å²) in [6, 6.07) is 0. The van der Waals surface area contributed by atoms with Crippen molar-refractivity contribution in [1.29, 1.82) is 0 Å². The van der Waals surface area contributed by atoms with Crippen LogP contribution in [0.15, 0.2) is 0 Å². The van der Waals surface area contributed by atoms with Crippen LogP contribution >= 0.6 is 11.6 Å². The summed E-state index contributed by atoms with van der Waals surface area (Å²) in [5.41, 5.74) is 0. The van der Waals surface area contributed by atoms with Gasteiger partial charge in [0.15, 0.2) is 6.29 Å². The SMILES string of the molecule is CCC1OCC(CCl)O1. The van der Waals surface area contributed by atoms with Crippen LogP contribution in [-0.4, -0.2) is 24.9 Å². The van der Waals surface area contributed by atoms with Gasteiger partial charge in [-0.3, -0.25) is 0 Å². The van der Waals surface area contributed by atoms with E-state index in [9.17, 15) is 0 Å². The summed E-state index contributed by atoms with van der Waals surface area (Å²) in [5.74, 6) is 0.538. The fourth-order valence-electron chi connectivity index (χ4n) is 0.803. The third-order valence-electron chi connectivity index (χ3n) is 1.32. The van der Waals surface area contributed by atoms with E-state index >= 15 is 0 Å². The number of halogens is 1. The Labute approximate surface area is 60.1 Å². The Morgan fingerprint density at radius 2 is 2.44 bits per heavy atom. The van der Waals surface area contributed by atoms with Crippen LogP contribution in [0.2, 0.25) is 0 Å². The second-order valence-corrected chi connectivity index (χ2v) is 2.39. The van der Waals surface area contributed by atoms with E-state index < -0.39 is 0 Å². The molecule has 0 bridgehead atoms. The highest BCUT2D eigenvalue weighted by Crippen LogP contribution is 2.14. The van der Waals surface area contributed by atoms with E-state index in [4.69, 9.17) is 21.1 Å². The van der Waals surface area contributed by atoms with Crippen molar-refractivity contribution in [3.8, 4) is 0 Å². The molecule has 3 heteroatoms. The Morgan fingerprint density at radius 3 is 2.78 bits per heavy atom. The van der Waals surface area contributed by atoms with Crippen LogP contribution < -0.4 is 0 Å². The zero-order valence-corrected chi connectivity index (χ0v) is 6.23. The van der Waals surface area contributed by atoms with E-state index in [-0.39, 0.29) is 12.4 Å². The molecule has 2 atom stereocenters. The molecular formula is C6H11ClO2. The zero-order chi connectivity index (χ0) is 6.69. The minimum absolute atomic E-state index is 0.00579. The molecule has 0 N–H and O–H groups in total. The predicted molar refractivity (Wildman–Crippen MR) is 35.6 cm³/mol. The molecule has 0 saturated carbocycles. The number of rotatable bonds is 2. The first-order valence-corrected chi connectivity index (χ1v) is 3.73. The fraction of sp³-hybridized carbons (Fsp3) is 1.00. The van der Waals surface area contributed by atoms with Gasteiger partial charge in [0.1, 0.15) is 0 Å². The fourth-order valence-corrected chi connectivity index (χ4v) is 0.965. The third kappa shape index (κ3) is 1.81. The lowest BCUT2D eigenvalue weighted by Crippen LogP contribution is -2.12. The average Bonchev–Trinajstić information content (AvgIpc) is 2.34. The molecule has 1 saturated heterocycles. The van der Waals surface area contributed by atoms with Gasteiger partial charge in [-0.05, 0) is 6.42 Å². The van der Waals surface area contributed by atoms with Gasteiger partial charge in [0.25, 0.3) is 0 Å². The first-order valence-electron chi connectivity index (χ1n) is 3.19. The smallest absolute Gasteiger partial charge is 0.157 e. The van der Waals surface area contributed by atoms with E-state index in [2.05, 4.69) is 0 Å². The van der Waals surface area contributed by atoms with E-state index in [1.165, 1.54) is 0 Å². The minimum Gasteiger partial charge on any atom is -0.350 e. The van der Waals surface area contributed by atoms with Crippen LogP contribution in [-0.2, 0) is 9.47 Å². The predicted octanol–water partition coefficient (Wildman–Crippen LogP) is 1.38. The lowest BCUT2D eigenvalue weighted by Gasteiger charge is -2.05. The monoisotopic (exact) mass is 150 g/mol. The summed E-state index contributed by atoms with van der Waals surface area (Å²) < 4.78 is 10.5. The molecule has 0 aromatic heterocycles. The highest BCUT2D eigenvalue weighted by molar-refractivity contribution is 6.18. The van der Waals surface area contributed by atoms with Crippen LogP contribution in [0.1, 0.15) is 13.3 Å². The normalized spacial score (nSPS) is 35.3. The van der Waals surface area contributed by atoms with E-state index in [0.29, 0.717) is 12.5 Å². The summed E-state index contributed by atoms with van der Waals surface area (Å²) in [6.45, 7) is 2.68. The van der Waals surface area contributed by atoms with Crippen LogP contribution in [0.3, 0.4) is 0 Å². The Balaban J connectivity index is 2.20. The van der Waals surface area contributed by atoms with Crippen molar-refractivity contribution in [2.24, 2.45) is 0 Å². The molecule has 1 aliphatic rings. The Hall–Kier alpha value is 0.210. The van der Waals surface area contributed by atoms with Gasteiger partial charge in [-0.15, -0.1) is 11.6 Å². The summed E-state index contributed by atoms with van der Waals surface area (Å²) in [5, 5.41) is 0. The molecule has 1 heterocycles. The summed E-state index contributed by atoms with van der Waals surface area (Å²) in [7, 11) is 0. The molecule has 9 heavy (non-hydrogen) atoms. The number of ether oxygens (including phenoxy) is 2. The Morgan fingerprint density at radius 1 is 1.67 bits per heavy atom. The molecule has 1 rings (SSSR count). The molecule has 0 radical (unpaired) electrons. The maximum atomic E-state index is 5.53. The van der Waals surface area contributed by atoms with E-state index in [0.717, 1.165) is 6.42 Å². The summed E-state index contributed by atoms with van der Waals surface area (Å²) in [4.78, 5) is 0. The molecule has 0 spiro atoms. The number of alkyl halides is 1. The average molecular weight is 151 g/mol. The van der Waals surface area contributed by atoms with Crippen molar-refractivity contribution in [1.82, 2.24) is 0 Å². The van der Waals surface area contributed by atoms with Crippen LogP contribution in [0.25, 0.3) is 0 Å². The minimum atomic E-state index is -0.00579. The van der Waals surface area contributed by atoms with Crippen LogP contribution in [0.4, 0.5) is 0 Å². The van der Waals surface area contributed by atoms with Crippen molar-refractivity contribution in [3.63, 3.8) is 0 Å². The largest absolute Gasteiger partial charge is 0.350 e. The maximum Gasteiger partial charge on any atom is 0.157 e. The molecule has 1 fully saturated rings. The Kier molecular flexibility index (Phi) is 2.76. The van der Waals surface area contributed by atoms with Crippen molar-refractivity contribution in [2.75, 3.05) is 12.5 Å². The third-order valence-corrected chi connectivity index (χ3v) is 1.66. The van der Waals surface area contributed by atoms with Crippen LogP contribution in [0.5, 0.6) is 0 Å². The molecule has 0 aliphatic carbocycles. The molecule has 0 aromatic rings. The van der Waals surface area contributed by atoms with Gasteiger partial charge >= 0.3 is 0 Å². The lowest BCUT2D eigenvalue weighted by molar-refractivity contribution is -0.0552. The van der Waals surface area contributed by atoms with Crippen LogP contribution in [0, 0.1) is 0 Å². The highest BCUT2D eigenvalue weighted by Gasteiger charge is 2.22. The Bertz CT molecular complexity index is 77.1. The molecule has 54 valence electrons. The highest BCUT2D eigenvalue weighted by atomic mass is 35.5. The molecule has 1 aliphatic heterocycles. The van der Waals surface area contributed by atoms with Crippen molar-refractivity contribution in [3.05, 3.63) is 0 Å². The van der Waals surface area contributed by atoms with E-state index in [1.807, 2.05) is 6.92 Å². The van der Waals surface area contributed by atoms with Gasteiger partial charge < -0.3 is 9.47 Å². The maximum absolute atomic E-state index is 5.53. The second kappa shape index (κ2) is 3.40. The van der Waals surface area contributed by atoms with Crippen molar-refractivity contribution >= 4 is 11.6 Å². The summed E-state index contributed by atoms with van der Waals surface area (Å²) in [6.07, 6.45) is 1.03. The first-order chi connectivity index (χ1) is 4.36. The van der Waals surface area contributed by atoms with Gasteiger partial charge in [0.05, 0.1) is 18.6 Å². The molecular weight excluding hydrogens is 140 g/mol. The lowest BCUT2D eigenvalue weighted by atomic mass is 10.4. The summed E-state index contributed by atoms with van der Waals surface area (Å²) >= 11 is 5.53. The molecule has 0 amide bonds. The molecule has 2 nitrogen and oxygen atoms in total. The molecule has 2 unspecified atom stereocenters. The van der Waals surface area contributed by atoms with Gasteiger partial charge in [0, 0.05) is 0 Å². The zero-order valence-electron chi connectivity index (χ0n) is 5.47. The van der Waals surface area contributed by atoms with Crippen molar-refractivity contribution < 1.29 is 9.47 Å². The standard InChI is InChI=1S/C6H11ClO2/c1-2-6-8-4-5(3-7)9-6/h5-6H,2-4H2,1H3. The number of hydrogen-bond donors (Lipinski definition) is 0. The second-order valence-electron chi connectivity index (χ2n) is 2.08. The quantitative estimate of drug-likeness (QED) is 0.554. The van der Waals surface area contributed by atoms with Gasteiger partial charge in [-0.2, -0.15) is 0 Å². The topological polar surface area (TPSA) is 18.5 Å². The first kappa shape index (κ1) is 7.32. The van der Waals surface area contributed by atoms with Gasteiger partial charge in [-0.1, -0.05) is 6.92 Å². The van der Waals surface area contributed by atoms with Gasteiger partial charge in [-0.25, -0.2) is 0 Å². The van der Waals surface area contributed by atoms with E-state index in [1.54, 1.807) is 0 Å². The van der Waals surface area contributed by atoms with Gasteiger partial charge in [0.2, 0.25) is 0 Å².